The van der Waals surface area contributed by atoms with E-state index < -0.39 is 0 Å². The molecular formula is C16H15BrClNO2. The predicted octanol–water partition coefficient (Wildman–Crippen LogP) is 4.79. The predicted molar refractivity (Wildman–Crippen MR) is 88.6 cm³/mol. The Morgan fingerprint density at radius 2 is 1.90 bits per heavy atom. The average molecular weight is 369 g/mol. The molecule has 1 aliphatic rings. The van der Waals surface area contributed by atoms with Crippen molar-refractivity contribution in [2.75, 3.05) is 18.5 Å². The van der Waals surface area contributed by atoms with E-state index in [4.69, 9.17) is 21.1 Å². The van der Waals surface area contributed by atoms with Crippen LogP contribution in [-0.4, -0.2) is 13.2 Å². The number of ether oxygens (including phenoxy) is 2. The Labute approximate surface area is 137 Å². The molecule has 0 fully saturated rings. The van der Waals surface area contributed by atoms with Gasteiger partial charge in [0, 0.05) is 16.0 Å². The van der Waals surface area contributed by atoms with E-state index in [-0.39, 0.29) is 0 Å². The molecule has 0 bridgehead atoms. The van der Waals surface area contributed by atoms with Crippen molar-refractivity contribution in [2.45, 2.75) is 13.5 Å². The van der Waals surface area contributed by atoms with Crippen molar-refractivity contribution in [1.82, 2.24) is 0 Å². The summed E-state index contributed by atoms with van der Waals surface area (Å²) in [6.45, 7) is 3.88. The van der Waals surface area contributed by atoms with Gasteiger partial charge in [-0.15, -0.1) is 0 Å². The van der Waals surface area contributed by atoms with Gasteiger partial charge in [-0.2, -0.15) is 0 Å². The summed E-state index contributed by atoms with van der Waals surface area (Å²) in [7, 11) is 0. The number of hydrogen-bond acceptors (Lipinski definition) is 3. The van der Waals surface area contributed by atoms with Gasteiger partial charge in [-0.1, -0.05) is 17.7 Å². The molecule has 3 rings (SSSR count). The van der Waals surface area contributed by atoms with E-state index in [1.54, 1.807) is 0 Å². The molecule has 1 aliphatic heterocycles. The zero-order chi connectivity index (χ0) is 14.8. The molecule has 0 amide bonds. The second-order valence-corrected chi connectivity index (χ2v) is 6.17. The first-order valence-electron chi connectivity index (χ1n) is 6.71. The summed E-state index contributed by atoms with van der Waals surface area (Å²) < 4.78 is 12.1. The van der Waals surface area contributed by atoms with Crippen LogP contribution in [0.15, 0.2) is 34.8 Å². The fourth-order valence-corrected chi connectivity index (χ4v) is 2.94. The molecule has 0 spiro atoms. The van der Waals surface area contributed by atoms with Gasteiger partial charge in [0.2, 0.25) is 0 Å². The summed E-state index contributed by atoms with van der Waals surface area (Å²) in [5.41, 5.74) is 3.15. The van der Waals surface area contributed by atoms with Crippen LogP contribution in [0.3, 0.4) is 0 Å². The SMILES string of the molecule is Cc1cc(Br)c(NCc2ccc3c(c2)OCCO3)cc1Cl. The Morgan fingerprint density at radius 1 is 1.14 bits per heavy atom. The molecule has 0 aromatic heterocycles. The van der Waals surface area contributed by atoms with E-state index in [1.165, 1.54) is 0 Å². The van der Waals surface area contributed by atoms with Crippen LogP contribution >= 0.6 is 27.5 Å². The molecule has 1 N–H and O–H groups in total. The van der Waals surface area contributed by atoms with Crippen molar-refractivity contribution in [3.05, 3.63) is 51.0 Å². The fourth-order valence-electron chi connectivity index (χ4n) is 2.18. The molecule has 2 aromatic rings. The van der Waals surface area contributed by atoms with Crippen LogP contribution in [-0.2, 0) is 6.54 Å². The number of halogens is 2. The van der Waals surface area contributed by atoms with Crippen molar-refractivity contribution < 1.29 is 9.47 Å². The van der Waals surface area contributed by atoms with Crippen molar-refractivity contribution in [2.24, 2.45) is 0 Å². The van der Waals surface area contributed by atoms with E-state index in [2.05, 4.69) is 21.2 Å². The lowest BCUT2D eigenvalue weighted by atomic mass is 10.1. The Balaban J connectivity index is 1.74. The average Bonchev–Trinajstić information content (AvgIpc) is 2.49. The number of anilines is 1. The summed E-state index contributed by atoms with van der Waals surface area (Å²) in [6.07, 6.45) is 0. The lowest BCUT2D eigenvalue weighted by Crippen LogP contribution is -2.15. The zero-order valence-corrected chi connectivity index (χ0v) is 13.9. The molecule has 0 radical (unpaired) electrons. The molecule has 5 heteroatoms. The summed E-state index contributed by atoms with van der Waals surface area (Å²) in [4.78, 5) is 0. The highest BCUT2D eigenvalue weighted by molar-refractivity contribution is 9.10. The molecule has 0 unspecified atom stereocenters. The van der Waals surface area contributed by atoms with Gasteiger partial charge in [0.25, 0.3) is 0 Å². The highest BCUT2D eigenvalue weighted by Gasteiger charge is 2.12. The van der Waals surface area contributed by atoms with E-state index in [0.29, 0.717) is 19.8 Å². The minimum atomic E-state index is 0.600. The minimum Gasteiger partial charge on any atom is -0.486 e. The third-order valence-corrected chi connectivity index (χ3v) is 4.40. The second-order valence-electron chi connectivity index (χ2n) is 4.91. The highest BCUT2D eigenvalue weighted by atomic mass is 79.9. The van der Waals surface area contributed by atoms with E-state index in [9.17, 15) is 0 Å². The van der Waals surface area contributed by atoms with Crippen LogP contribution in [0, 0.1) is 6.92 Å². The standard InChI is InChI=1S/C16H15BrClNO2/c1-10-6-12(17)14(8-13(10)18)19-9-11-2-3-15-16(7-11)21-5-4-20-15/h2-3,6-8,19H,4-5,9H2,1H3. The van der Waals surface area contributed by atoms with E-state index in [1.807, 2.05) is 37.3 Å². The van der Waals surface area contributed by atoms with Crippen molar-refractivity contribution in [3.63, 3.8) is 0 Å². The second kappa shape index (κ2) is 6.16. The monoisotopic (exact) mass is 367 g/mol. The summed E-state index contributed by atoms with van der Waals surface area (Å²) >= 11 is 9.71. The van der Waals surface area contributed by atoms with Crippen LogP contribution in [0.4, 0.5) is 5.69 Å². The van der Waals surface area contributed by atoms with Gasteiger partial charge in [0.15, 0.2) is 11.5 Å². The molecule has 110 valence electrons. The largest absolute Gasteiger partial charge is 0.486 e. The Kier molecular flexibility index (Phi) is 4.27. The van der Waals surface area contributed by atoms with Crippen LogP contribution in [0.5, 0.6) is 11.5 Å². The fraction of sp³-hybridized carbons (Fsp3) is 0.250. The van der Waals surface area contributed by atoms with Crippen LogP contribution < -0.4 is 14.8 Å². The molecular weight excluding hydrogens is 354 g/mol. The molecule has 3 nitrogen and oxygen atoms in total. The normalized spacial score (nSPS) is 13.1. The number of benzene rings is 2. The Bertz CT molecular complexity index is 676. The number of hydrogen-bond donors (Lipinski definition) is 1. The smallest absolute Gasteiger partial charge is 0.161 e. The van der Waals surface area contributed by atoms with Crippen molar-refractivity contribution in [1.29, 1.82) is 0 Å². The number of fused-ring (bicyclic) bond motifs is 1. The highest BCUT2D eigenvalue weighted by Crippen LogP contribution is 2.32. The number of aryl methyl sites for hydroxylation is 1. The molecule has 0 aliphatic carbocycles. The number of rotatable bonds is 3. The van der Waals surface area contributed by atoms with Crippen LogP contribution in [0.25, 0.3) is 0 Å². The van der Waals surface area contributed by atoms with Gasteiger partial charge in [0.1, 0.15) is 13.2 Å². The van der Waals surface area contributed by atoms with Crippen molar-refractivity contribution in [3.8, 4) is 11.5 Å². The van der Waals surface area contributed by atoms with Gasteiger partial charge in [-0.25, -0.2) is 0 Å². The number of nitrogens with one attached hydrogen (secondary N) is 1. The van der Waals surface area contributed by atoms with E-state index in [0.717, 1.165) is 37.8 Å². The summed E-state index contributed by atoms with van der Waals surface area (Å²) in [6, 6.07) is 9.92. The van der Waals surface area contributed by atoms with Crippen LogP contribution in [0.1, 0.15) is 11.1 Å². The van der Waals surface area contributed by atoms with Gasteiger partial charge in [0.05, 0.1) is 5.69 Å². The summed E-state index contributed by atoms with van der Waals surface area (Å²) in [5.74, 6) is 1.62. The third kappa shape index (κ3) is 3.27. The maximum atomic E-state index is 6.17. The Hall–Kier alpha value is -1.39. The maximum Gasteiger partial charge on any atom is 0.161 e. The van der Waals surface area contributed by atoms with Crippen molar-refractivity contribution >= 4 is 33.2 Å². The summed E-state index contributed by atoms with van der Waals surface area (Å²) in [5, 5.41) is 4.13. The quantitative estimate of drug-likeness (QED) is 0.844. The lowest BCUT2D eigenvalue weighted by Gasteiger charge is -2.19. The first kappa shape index (κ1) is 14.5. The minimum absolute atomic E-state index is 0.600. The van der Waals surface area contributed by atoms with Gasteiger partial charge in [-0.05, 0) is 58.2 Å². The molecule has 21 heavy (non-hydrogen) atoms. The maximum absolute atomic E-state index is 6.17. The first-order chi connectivity index (χ1) is 10.1. The lowest BCUT2D eigenvalue weighted by molar-refractivity contribution is 0.171. The van der Waals surface area contributed by atoms with E-state index >= 15 is 0 Å². The first-order valence-corrected chi connectivity index (χ1v) is 7.88. The van der Waals surface area contributed by atoms with Gasteiger partial charge < -0.3 is 14.8 Å². The topological polar surface area (TPSA) is 30.5 Å². The molecule has 1 heterocycles. The molecule has 2 aromatic carbocycles. The Morgan fingerprint density at radius 3 is 2.71 bits per heavy atom. The van der Waals surface area contributed by atoms with Gasteiger partial charge >= 0.3 is 0 Å². The third-order valence-electron chi connectivity index (χ3n) is 3.34. The molecule has 0 saturated heterocycles. The van der Waals surface area contributed by atoms with Gasteiger partial charge in [-0.3, -0.25) is 0 Å². The van der Waals surface area contributed by atoms with Crippen LogP contribution in [0.2, 0.25) is 5.02 Å². The molecule has 0 saturated carbocycles. The zero-order valence-electron chi connectivity index (χ0n) is 11.6. The molecule has 0 atom stereocenters.